The van der Waals surface area contributed by atoms with Gasteiger partial charge in [-0.1, -0.05) is 24.6 Å². The van der Waals surface area contributed by atoms with Crippen molar-refractivity contribution in [2.45, 2.75) is 30.0 Å². The second-order valence-electron chi connectivity index (χ2n) is 6.67. The average Bonchev–Trinajstić information content (AvgIpc) is 3.16. The van der Waals surface area contributed by atoms with Gasteiger partial charge in [-0.05, 0) is 37.3 Å². The maximum atomic E-state index is 12.5. The van der Waals surface area contributed by atoms with Crippen LogP contribution in [-0.4, -0.2) is 40.4 Å². The molecule has 2 unspecified atom stereocenters. The highest BCUT2D eigenvalue weighted by Gasteiger charge is 2.48. The first-order valence-electron chi connectivity index (χ1n) is 8.66. The molecule has 1 N–H and O–H groups in total. The molecule has 8 heteroatoms. The Morgan fingerprint density at radius 3 is 2.62 bits per heavy atom. The van der Waals surface area contributed by atoms with E-state index in [1.807, 2.05) is 18.4 Å². The third kappa shape index (κ3) is 3.12. The fourth-order valence-electron chi connectivity index (χ4n) is 3.80. The summed E-state index contributed by atoms with van der Waals surface area (Å²) in [5, 5.41) is 2.80. The summed E-state index contributed by atoms with van der Waals surface area (Å²) in [6.07, 6.45) is 5.45. The van der Waals surface area contributed by atoms with Gasteiger partial charge >= 0.3 is 0 Å². The Morgan fingerprint density at radius 1 is 1.27 bits per heavy atom. The van der Waals surface area contributed by atoms with E-state index in [9.17, 15) is 14.4 Å². The van der Waals surface area contributed by atoms with Crippen molar-refractivity contribution in [3.05, 3.63) is 18.2 Å². The van der Waals surface area contributed by atoms with Crippen LogP contribution in [0.15, 0.2) is 22.5 Å². The number of benzene rings is 1. The lowest BCUT2D eigenvalue weighted by Gasteiger charge is -2.19. The monoisotopic (exact) mass is 389 g/mol. The lowest BCUT2D eigenvalue weighted by Crippen LogP contribution is -2.38. The Morgan fingerprint density at radius 2 is 1.96 bits per heavy atom. The number of thiazole rings is 1. The number of nitrogens with zero attached hydrogens (tertiary/aromatic N) is 2. The van der Waals surface area contributed by atoms with Crippen LogP contribution in [0.5, 0.6) is 0 Å². The van der Waals surface area contributed by atoms with Gasteiger partial charge < -0.3 is 5.32 Å². The minimum absolute atomic E-state index is 0.183. The van der Waals surface area contributed by atoms with Crippen LogP contribution in [0.2, 0.25) is 0 Å². The normalized spacial score (nSPS) is 22.7. The van der Waals surface area contributed by atoms with Gasteiger partial charge in [-0.15, -0.1) is 11.3 Å². The molecule has 1 aliphatic heterocycles. The molecule has 2 heterocycles. The quantitative estimate of drug-likeness (QED) is 0.642. The summed E-state index contributed by atoms with van der Waals surface area (Å²) in [7, 11) is 0. The molecule has 0 spiro atoms. The van der Waals surface area contributed by atoms with Crippen molar-refractivity contribution < 1.29 is 14.4 Å². The van der Waals surface area contributed by atoms with Gasteiger partial charge in [-0.25, -0.2) is 4.98 Å². The Balaban J connectivity index is 1.45. The van der Waals surface area contributed by atoms with Crippen LogP contribution in [0.1, 0.15) is 25.7 Å². The Labute approximate surface area is 159 Å². The van der Waals surface area contributed by atoms with E-state index in [2.05, 4.69) is 10.3 Å². The number of carbonyl (C=O) groups is 3. The number of rotatable bonds is 4. The topological polar surface area (TPSA) is 79.4 Å². The number of imide groups is 1. The predicted molar refractivity (Wildman–Crippen MR) is 102 cm³/mol. The molecule has 1 aromatic carbocycles. The number of nitrogens with one attached hydrogen (secondary N) is 1. The minimum atomic E-state index is -0.348. The van der Waals surface area contributed by atoms with E-state index >= 15 is 0 Å². The van der Waals surface area contributed by atoms with Crippen LogP contribution in [0.3, 0.4) is 0 Å². The number of hydrogen-bond acceptors (Lipinski definition) is 6. The number of likely N-dealkylation sites (tertiary alicyclic amines) is 1. The molecule has 1 saturated carbocycles. The highest BCUT2D eigenvalue weighted by molar-refractivity contribution is 8.00. The molecular weight excluding hydrogens is 370 g/mol. The van der Waals surface area contributed by atoms with Crippen LogP contribution >= 0.6 is 23.1 Å². The minimum Gasteiger partial charge on any atom is -0.324 e. The molecule has 2 aliphatic rings. The second-order valence-corrected chi connectivity index (χ2v) is 8.76. The summed E-state index contributed by atoms with van der Waals surface area (Å²) < 4.78 is 1.96. The van der Waals surface area contributed by atoms with Crippen LogP contribution in [0.25, 0.3) is 10.2 Å². The summed E-state index contributed by atoms with van der Waals surface area (Å²) in [6.45, 7) is -0.207. The van der Waals surface area contributed by atoms with Gasteiger partial charge in [0, 0.05) is 5.69 Å². The van der Waals surface area contributed by atoms with Crippen molar-refractivity contribution in [3.8, 4) is 0 Å². The zero-order chi connectivity index (χ0) is 18.3. The van der Waals surface area contributed by atoms with Crippen molar-refractivity contribution in [2.24, 2.45) is 11.8 Å². The van der Waals surface area contributed by atoms with E-state index in [4.69, 9.17) is 0 Å². The summed E-state index contributed by atoms with van der Waals surface area (Å²) in [5.74, 6) is -1.15. The van der Waals surface area contributed by atoms with E-state index in [0.717, 1.165) is 45.1 Å². The molecular formula is C18H19N3O3S2. The number of thioether (sulfide) groups is 1. The van der Waals surface area contributed by atoms with Crippen molar-refractivity contribution >= 4 is 56.7 Å². The molecule has 1 aromatic heterocycles. The molecule has 2 aromatic rings. The molecule has 26 heavy (non-hydrogen) atoms. The van der Waals surface area contributed by atoms with E-state index in [1.165, 1.54) is 0 Å². The van der Waals surface area contributed by atoms with Crippen LogP contribution in [-0.2, 0) is 14.4 Å². The number of hydrogen-bond donors (Lipinski definition) is 1. The zero-order valence-corrected chi connectivity index (χ0v) is 16.0. The average molecular weight is 390 g/mol. The molecule has 6 nitrogen and oxygen atoms in total. The van der Waals surface area contributed by atoms with Gasteiger partial charge in [-0.3, -0.25) is 19.3 Å². The molecule has 136 valence electrons. The van der Waals surface area contributed by atoms with Crippen LogP contribution in [0.4, 0.5) is 5.69 Å². The fraction of sp³-hybridized carbons (Fsp3) is 0.444. The third-order valence-electron chi connectivity index (χ3n) is 5.06. The molecule has 2 atom stereocenters. The van der Waals surface area contributed by atoms with Gasteiger partial charge in [0.25, 0.3) is 0 Å². The van der Waals surface area contributed by atoms with Crippen molar-refractivity contribution in [3.63, 3.8) is 0 Å². The lowest BCUT2D eigenvalue weighted by molar-refractivity contribution is -0.142. The predicted octanol–water partition coefficient (Wildman–Crippen LogP) is 3.13. The summed E-state index contributed by atoms with van der Waals surface area (Å²) in [5.41, 5.74) is 1.54. The Hall–Kier alpha value is -1.93. The number of fused-ring (bicyclic) bond motifs is 2. The van der Waals surface area contributed by atoms with Gasteiger partial charge in [0.15, 0.2) is 4.34 Å². The van der Waals surface area contributed by atoms with Crippen molar-refractivity contribution in [1.29, 1.82) is 0 Å². The number of anilines is 1. The number of aromatic nitrogens is 1. The molecule has 1 saturated heterocycles. The second kappa shape index (κ2) is 7.00. The first-order valence-corrected chi connectivity index (χ1v) is 10.7. The SMILES string of the molecule is CSc1nc2ccc(NC(=O)CN3C(=O)C4CCCCC4C3=O)cc2s1. The molecule has 2 fully saturated rings. The van der Waals surface area contributed by atoms with E-state index in [-0.39, 0.29) is 36.1 Å². The summed E-state index contributed by atoms with van der Waals surface area (Å²) in [6, 6.07) is 5.53. The van der Waals surface area contributed by atoms with Crippen LogP contribution in [0, 0.1) is 11.8 Å². The maximum absolute atomic E-state index is 12.5. The lowest BCUT2D eigenvalue weighted by atomic mass is 9.81. The molecule has 1 aliphatic carbocycles. The fourth-order valence-corrected chi connectivity index (χ4v) is 5.33. The van der Waals surface area contributed by atoms with Gasteiger partial charge in [0.1, 0.15) is 6.54 Å². The Bertz CT molecular complexity index is 871. The van der Waals surface area contributed by atoms with Crippen LogP contribution < -0.4 is 5.32 Å². The largest absolute Gasteiger partial charge is 0.324 e. The molecule has 3 amide bonds. The van der Waals surface area contributed by atoms with Crippen molar-refractivity contribution in [1.82, 2.24) is 9.88 Å². The molecule has 4 rings (SSSR count). The van der Waals surface area contributed by atoms with E-state index < -0.39 is 0 Å². The highest BCUT2D eigenvalue weighted by atomic mass is 32.2. The maximum Gasteiger partial charge on any atom is 0.244 e. The molecule has 0 radical (unpaired) electrons. The number of carbonyl (C=O) groups excluding carboxylic acids is 3. The molecule has 0 bridgehead atoms. The van der Waals surface area contributed by atoms with Crippen molar-refractivity contribution in [2.75, 3.05) is 18.1 Å². The Kier molecular flexibility index (Phi) is 4.71. The van der Waals surface area contributed by atoms with E-state index in [1.54, 1.807) is 29.2 Å². The van der Waals surface area contributed by atoms with E-state index in [0.29, 0.717) is 5.69 Å². The smallest absolute Gasteiger partial charge is 0.244 e. The standard InChI is InChI=1S/C18H19N3O3S2/c1-25-18-20-13-7-6-10(8-14(13)26-18)19-15(22)9-21-16(23)11-4-2-3-5-12(11)17(21)24/h6-8,11-12H,2-5,9H2,1H3,(H,19,22). The zero-order valence-electron chi connectivity index (χ0n) is 14.4. The van der Waals surface area contributed by atoms with Gasteiger partial charge in [-0.2, -0.15) is 0 Å². The highest BCUT2D eigenvalue weighted by Crippen LogP contribution is 2.38. The van der Waals surface area contributed by atoms with Gasteiger partial charge in [0.05, 0.1) is 22.1 Å². The van der Waals surface area contributed by atoms with Gasteiger partial charge in [0.2, 0.25) is 17.7 Å². The first-order chi connectivity index (χ1) is 12.6. The third-order valence-corrected chi connectivity index (χ3v) is 7.06. The number of amides is 3. The summed E-state index contributed by atoms with van der Waals surface area (Å²) in [4.78, 5) is 42.9. The first kappa shape index (κ1) is 17.5. The summed E-state index contributed by atoms with van der Waals surface area (Å²) >= 11 is 3.15.